The molecule has 1 aliphatic heterocycles. The third kappa shape index (κ3) is 2.48. The van der Waals surface area contributed by atoms with Gasteiger partial charge in [0.25, 0.3) is 0 Å². The Labute approximate surface area is 93.9 Å². The molecular weight excluding hydrogens is 246 g/mol. The molecule has 0 aromatic carbocycles. The van der Waals surface area contributed by atoms with Crippen molar-refractivity contribution < 1.29 is 9.53 Å². The quantitative estimate of drug-likeness (QED) is 0.557. The molecule has 0 aromatic heterocycles. The van der Waals surface area contributed by atoms with Crippen LogP contribution in [0.1, 0.15) is 6.92 Å². The van der Waals surface area contributed by atoms with Crippen LogP contribution in [0, 0.1) is 17.8 Å². The predicted molar refractivity (Wildman–Crippen MR) is 59.5 cm³/mol. The lowest BCUT2D eigenvalue weighted by Crippen LogP contribution is -2.47. The van der Waals surface area contributed by atoms with E-state index in [9.17, 15) is 4.79 Å². The van der Waals surface area contributed by atoms with Crippen molar-refractivity contribution in [2.75, 3.05) is 32.6 Å². The molecule has 1 saturated heterocycles. The average Bonchev–Trinajstić information content (AvgIpc) is 2.15. The summed E-state index contributed by atoms with van der Waals surface area (Å²) in [4.78, 5) is 13.9. The van der Waals surface area contributed by atoms with Crippen molar-refractivity contribution in [1.29, 1.82) is 0 Å². The Morgan fingerprint density at radius 1 is 1.57 bits per heavy atom. The van der Waals surface area contributed by atoms with E-state index in [1.54, 1.807) is 0 Å². The fraction of sp³-hybridized carbons (Fsp3) is 0.900. The summed E-state index contributed by atoms with van der Waals surface area (Å²) in [6, 6.07) is 0. The summed E-state index contributed by atoms with van der Waals surface area (Å²) in [5, 5.41) is 0.863. The number of esters is 1. The maximum atomic E-state index is 11.6. The van der Waals surface area contributed by atoms with E-state index in [4.69, 9.17) is 4.74 Å². The second-order valence-corrected chi connectivity index (χ2v) is 4.81. The molecule has 1 aliphatic rings. The van der Waals surface area contributed by atoms with Crippen molar-refractivity contribution in [1.82, 2.24) is 4.90 Å². The van der Waals surface area contributed by atoms with Gasteiger partial charge in [0.15, 0.2) is 0 Å². The Hall–Kier alpha value is -0.0900. The predicted octanol–water partition coefficient (Wildman–Crippen LogP) is 1.37. The molecule has 0 aromatic rings. The van der Waals surface area contributed by atoms with Gasteiger partial charge in [0, 0.05) is 18.4 Å². The SMILES string of the molecule is COC(=O)C1C(C)CN(C)CC1CBr. The van der Waals surface area contributed by atoms with E-state index >= 15 is 0 Å². The van der Waals surface area contributed by atoms with Crippen molar-refractivity contribution in [3.05, 3.63) is 0 Å². The van der Waals surface area contributed by atoms with Crippen LogP contribution in [0.5, 0.6) is 0 Å². The molecule has 1 rings (SSSR count). The molecule has 3 unspecified atom stereocenters. The first-order chi connectivity index (χ1) is 6.60. The van der Waals surface area contributed by atoms with Crippen LogP contribution in [-0.2, 0) is 9.53 Å². The largest absolute Gasteiger partial charge is 0.469 e. The molecule has 0 amide bonds. The highest BCUT2D eigenvalue weighted by atomic mass is 79.9. The van der Waals surface area contributed by atoms with Gasteiger partial charge in [-0.25, -0.2) is 0 Å². The Balaban J connectivity index is 2.73. The molecule has 14 heavy (non-hydrogen) atoms. The summed E-state index contributed by atoms with van der Waals surface area (Å²) >= 11 is 3.47. The van der Waals surface area contributed by atoms with Crippen molar-refractivity contribution in [2.24, 2.45) is 17.8 Å². The minimum Gasteiger partial charge on any atom is -0.469 e. The molecule has 0 spiro atoms. The Bertz CT molecular complexity index is 210. The minimum atomic E-state index is -0.0601. The number of hydrogen-bond acceptors (Lipinski definition) is 3. The number of halogens is 1. The molecule has 3 atom stereocenters. The maximum absolute atomic E-state index is 11.6. The van der Waals surface area contributed by atoms with E-state index in [1.165, 1.54) is 7.11 Å². The number of carbonyl (C=O) groups is 1. The standard InChI is InChI=1S/C10H18BrNO2/c1-7-5-12(2)6-8(4-11)9(7)10(13)14-3/h7-9H,4-6H2,1-3H3. The number of nitrogens with zero attached hydrogens (tertiary/aromatic N) is 1. The van der Waals surface area contributed by atoms with Crippen LogP contribution < -0.4 is 0 Å². The Morgan fingerprint density at radius 2 is 2.21 bits per heavy atom. The van der Waals surface area contributed by atoms with Crippen LogP contribution in [0.25, 0.3) is 0 Å². The van der Waals surface area contributed by atoms with Crippen molar-refractivity contribution in [2.45, 2.75) is 6.92 Å². The van der Waals surface area contributed by atoms with Crippen LogP contribution in [0.15, 0.2) is 0 Å². The van der Waals surface area contributed by atoms with E-state index in [1.807, 2.05) is 0 Å². The second kappa shape index (κ2) is 5.12. The number of carbonyl (C=O) groups excluding carboxylic acids is 1. The maximum Gasteiger partial charge on any atom is 0.309 e. The van der Waals surface area contributed by atoms with Crippen LogP contribution in [-0.4, -0.2) is 43.4 Å². The van der Waals surface area contributed by atoms with E-state index in [0.29, 0.717) is 11.8 Å². The smallest absolute Gasteiger partial charge is 0.309 e. The monoisotopic (exact) mass is 263 g/mol. The molecule has 0 bridgehead atoms. The zero-order valence-corrected chi connectivity index (χ0v) is 10.6. The topological polar surface area (TPSA) is 29.5 Å². The third-order valence-electron chi connectivity index (χ3n) is 2.94. The molecule has 4 heteroatoms. The lowest BCUT2D eigenvalue weighted by Gasteiger charge is -2.38. The zero-order chi connectivity index (χ0) is 10.7. The fourth-order valence-corrected chi connectivity index (χ4v) is 2.97. The number of likely N-dealkylation sites (tertiary alicyclic amines) is 1. The van der Waals surface area contributed by atoms with Crippen LogP contribution in [0.2, 0.25) is 0 Å². The number of hydrogen-bond donors (Lipinski definition) is 0. The second-order valence-electron chi connectivity index (χ2n) is 4.16. The van der Waals surface area contributed by atoms with E-state index < -0.39 is 0 Å². The first-order valence-electron chi connectivity index (χ1n) is 4.92. The van der Waals surface area contributed by atoms with Gasteiger partial charge in [0.1, 0.15) is 0 Å². The van der Waals surface area contributed by atoms with Gasteiger partial charge < -0.3 is 9.64 Å². The lowest BCUT2D eigenvalue weighted by molar-refractivity contribution is -0.151. The molecule has 0 saturated carbocycles. The van der Waals surface area contributed by atoms with E-state index in [2.05, 4.69) is 34.8 Å². The van der Waals surface area contributed by atoms with Crippen molar-refractivity contribution >= 4 is 21.9 Å². The number of piperidine rings is 1. The summed E-state index contributed by atoms with van der Waals surface area (Å²) in [6.45, 7) is 4.06. The third-order valence-corrected chi connectivity index (χ3v) is 3.77. The van der Waals surface area contributed by atoms with Gasteiger partial charge in [-0.3, -0.25) is 4.79 Å². The van der Waals surface area contributed by atoms with Crippen LogP contribution >= 0.6 is 15.9 Å². The summed E-state index contributed by atoms with van der Waals surface area (Å²) in [5.74, 6) is 0.741. The fourth-order valence-electron chi connectivity index (χ4n) is 2.36. The van der Waals surface area contributed by atoms with Gasteiger partial charge in [-0.05, 0) is 18.9 Å². The zero-order valence-electron chi connectivity index (χ0n) is 9.00. The molecule has 1 fully saturated rings. The number of rotatable bonds is 2. The number of alkyl halides is 1. The van der Waals surface area contributed by atoms with Gasteiger partial charge in [0.05, 0.1) is 13.0 Å². The molecule has 1 heterocycles. The summed E-state index contributed by atoms with van der Waals surface area (Å²) in [7, 11) is 3.57. The van der Waals surface area contributed by atoms with Gasteiger partial charge in [-0.1, -0.05) is 22.9 Å². The first kappa shape index (κ1) is 12.0. The first-order valence-corrected chi connectivity index (χ1v) is 6.04. The van der Waals surface area contributed by atoms with Gasteiger partial charge in [0.2, 0.25) is 0 Å². The lowest BCUT2D eigenvalue weighted by atomic mass is 9.80. The molecule has 82 valence electrons. The molecule has 0 N–H and O–H groups in total. The van der Waals surface area contributed by atoms with Crippen LogP contribution in [0.3, 0.4) is 0 Å². The summed E-state index contributed by atoms with van der Waals surface area (Å²) in [6.07, 6.45) is 0. The van der Waals surface area contributed by atoms with Gasteiger partial charge >= 0.3 is 5.97 Å². The van der Waals surface area contributed by atoms with E-state index in [0.717, 1.165) is 18.4 Å². The van der Waals surface area contributed by atoms with Gasteiger partial charge in [-0.15, -0.1) is 0 Å². The molecule has 0 aliphatic carbocycles. The molecule has 3 nitrogen and oxygen atoms in total. The van der Waals surface area contributed by atoms with Gasteiger partial charge in [-0.2, -0.15) is 0 Å². The number of ether oxygens (including phenoxy) is 1. The minimum absolute atomic E-state index is 0.0515. The van der Waals surface area contributed by atoms with Crippen molar-refractivity contribution in [3.63, 3.8) is 0 Å². The Morgan fingerprint density at radius 3 is 2.71 bits per heavy atom. The Kier molecular flexibility index (Phi) is 4.38. The van der Waals surface area contributed by atoms with Crippen molar-refractivity contribution in [3.8, 4) is 0 Å². The highest BCUT2D eigenvalue weighted by Gasteiger charge is 2.38. The highest BCUT2D eigenvalue weighted by molar-refractivity contribution is 9.09. The normalized spacial score (nSPS) is 34.1. The highest BCUT2D eigenvalue weighted by Crippen LogP contribution is 2.30. The average molecular weight is 264 g/mol. The molecule has 0 radical (unpaired) electrons. The number of methoxy groups -OCH3 is 1. The summed E-state index contributed by atoms with van der Waals surface area (Å²) in [5.41, 5.74) is 0. The molecular formula is C10H18BrNO2. The van der Waals surface area contributed by atoms with Crippen LogP contribution in [0.4, 0.5) is 0 Å². The van der Waals surface area contributed by atoms with E-state index in [-0.39, 0.29) is 11.9 Å². The summed E-state index contributed by atoms with van der Waals surface area (Å²) < 4.78 is 4.85.